The smallest absolute Gasteiger partial charge is 0.214 e. The number of hydrogen-bond donors (Lipinski definition) is 1. The van der Waals surface area contributed by atoms with Crippen molar-refractivity contribution in [2.45, 2.75) is 33.1 Å². The van der Waals surface area contributed by atoms with Crippen LogP contribution in [-0.2, 0) is 12.8 Å². The molecule has 29 heavy (non-hydrogen) atoms. The fourth-order valence-corrected chi connectivity index (χ4v) is 3.84. The second-order valence-electron chi connectivity index (χ2n) is 7.05. The number of aryl methyl sites for hydroxylation is 2. The molecule has 0 saturated carbocycles. The summed E-state index contributed by atoms with van der Waals surface area (Å²) in [4.78, 5) is 9.34. The molecule has 0 spiro atoms. The first-order chi connectivity index (χ1) is 14.1. The van der Waals surface area contributed by atoms with E-state index in [0.717, 1.165) is 53.1 Å². The van der Waals surface area contributed by atoms with Crippen LogP contribution in [0.5, 0.6) is 0 Å². The Bertz CT molecular complexity index is 1280. The minimum absolute atomic E-state index is 0.466. The Morgan fingerprint density at radius 1 is 1.10 bits per heavy atom. The molecule has 0 aliphatic heterocycles. The van der Waals surface area contributed by atoms with E-state index in [1.165, 1.54) is 5.56 Å². The van der Waals surface area contributed by atoms with Gasteiger partial charge in [-0.05, 0) is 48.3 Å². The normalized spacial score (nSPS) is 10.9. The minimum atomic E-state index is 0.466. The first kappa shape index (κ1) is 19.0. The highest BCUT2D eigenvalue weighted by atomic mass is 32.1. The average molecular weight is 400 g/mol. The van der Waals surface area contributed by atoms with Crippen LogP contribution in [0.2, 0.25) is 0 Å². The molecule has 0 aliphatic carbocycles. The van der Waals surface area contributed by atoms with Crippen LogP contribution >= 0.6 is 12.2 Å². The molecule has 0 fully saturated rings. The van der Waals surface area contributed by atoms with Crippen molar-refractivity contribution >= 4 is 17.9 Å². The molecule has 0 radical (unpaired) electrons. The Hall–Kier alpha value is -3.30. The number of H-pyrrole nitrogens is 1. The van der Waals surface area contributed by atoms with Crippen molar-refractivity contribution in [2.24, 2.45) is 0 Å². The summed E-state index contributed by atoms with van der Waals surface area (Å²) < 4.78 is 2.34. The van der Waals surface area contributed by atoms with Gasteiger partial charge in [-0.15, -0.1) is 0 Å². The molecule has 0 bridgehead atoms. The topological polar surface area (TPSA) is 69.8 Å². The molecular formula is C23H21N5S. The number of fused-ring (bicyclic) bond motifs is 1. The number of benzene rings is 2. The van der Waals surface area contributed by atoms with Crippen LogP contribution in [0.25, 0.3) is 16.8 Å². The maximum absolute atomic E-state index is 9.36. The molecule has 0 unspecified atom stereocenters. The molecule has 2 heterocycles. The Morgan fingerprint density at radius 3 is 2.59 bits per heavy atom. The number of hydrogen-bond acceptors (Lipinski definition) is 4. The molecule has 0 atom stereocenters. The van der Waals surface area contributed by atoms with Gasteiger partial charge >= 0.3 is 0 Å². The van der Waals surface area contributed by atoms with Crippen molar-refractivity contribution in [1.29, 1.82) is 5.26 Å². The molecule has 0 aliphatic rings. The highest BCUT2D eigenvalue weighted by molar-refractivity contribution is 7.71. The van der Waals surface area contributed by atoms with Crippen LogP contribution in [0.15, 0.2) is 48.5 Å². The molecule has 0 amide bonds. The van der Waals surface area contributed by atoms with Gasteiger partial charge in [-0.1, -0.05) is 55.8 Å². The summed E-state index contributed by atoms with van der Waals surface area (Å²) in [6.07, 6.45) is 2.65. The van der Waals surface area contributed by atoms with Gasteiger partial charge in [0, 0.05) is 17.7 Å². The van der Waals surface area contributed by atoms with Crippen molar-refractivity contribution in [1.82, 2.24) is 19.6 Å². The van der Waals surface area contributed by atoms with Gasteiger partial charge in [0.25, 0.3) is 0 Å². The number of nitrogens with one attached hydrogen (secondary N) is 1. The third-order valence-corrected chi connectivity index (χ3v) is 5.23. The van der Waals surface area contributed by atoms with Gasteiger partial charge in [0.2, 0.25) is 4.77 Å². The Labute approximate surface area is 174 Å². The molecule has 2 aromatic carbocycles. The van der Waals surface area contributed by atoms with Crippen LogP contribution < -0.4 is 0 Å². The average Bonchev–Trinajstić information content (AvgIpc) is 3.14. The lowest BCUT2D eigenvalue weighted by Crippen LogP contribution is -2.08. The second kappa shape index (κ2) is 7.98. The summed E-state index contributed by atoms with van der Waals surface area (Å²) in [5.74, 6) is 0.860. The molecular weight excluding hydrogens is 378 g/mol. The molecule has 4 aromatic rings. The summed E-state index contributed by atoms with van der Waals surface area (Å²) in [6, 6.07) is 18.3. The molecule has 0 saturated heterocycles. The van der Waals surface area contributed by atoms with Gasteiger partial charge in [-0.25, -0.2) is 9.50 Å². The molecule has 2 aromatic heterocycles. The van der Waals surface area contributed by atoms with E-state index in [-0.39, 0.29) is 0 Å². The highest BCUT2D eigenvalue weighted by Gasteiger charge is 2.15. The zero-order valence-corrected chi connectivity index (χ0v) is 17.3. The second-order valence-corrected chi connectivity index (χ2v) is 7.44. The maximum atomic E-state index is 9.36. The molecule has 5 nitrogen and oxygen atoms in total. The lowest BCUT2D eigenvalue weighted by atomic mass is 9.97. The van der Waals surface area contributed by atoms with Crippen molar-refractivity contribution in [3.8, 4) is 17.2 Å². The predicted molar refractivity (Wildman–Crippen MR) is 116 cm³/mol. The van der Waals surface area contributed by atoms with Crippen LogP contribution in [0, 0.1) is 23.0 Å². The first-order valence-corrected chi connectivity index (χ1v) is 10.1. The number of aromatic nitrogens is 4. The number of aromatic amines is 1. The summed E-state index contributed by atoms with van der Waals surface area (Å²) in [5.41, 5.74) is 6.87. The van der Waals surface area contributed by atoms with Gasteiger partial charge in [0.15, 0.2) is 5.65 Å². The van der Waals surface area contributed by atoms with Crippen LogP contribution in [0.1, 0.15) is 41.6 Å². The van der Waals surface area contributed by atoms with Crippen molar-refractivity contribution < 1.29 is 0 Å². The summed E-state index contributed by atoms with van der Waals surface area (Å²) in [6.45, 7) is 4.12. The molecule has 1 N–H and O–H groups in total. The fourth-order valence-electron chi connectivity index (χ4n) is 3.66. The standard InChI is InChI=1S/C23H21N5S/c1-3-6-21-20(22-26-23(29)27-28(22)15(2)25-21)13-16-9-11-17(12-10-16)19-8-5-4-7-18(19)14-24/h4-5,7-12H,3,6,13H2,1-2H3,(H,27,29). The molecule has 4 rings (SSSR count). The zero-order valence-electron chi connectivity index (χ0n) is 16.4. The highest BCUT2D eigenvalue weighted by Crippen LogP contribution is 2.25. The minimum Gasteiger partial charge on any atom is -0.265 e. The van der Waals surface area contributed by atoms with Gasteiger partial charge in [-0.3, -0.25) is 5.10 Å². The first-order valence-electron chi connectivity index (χ1n) is 9.66. The van der Waals surface area contributed by atoms with Crippen molar-refractivity contribution in [3.05, 3.63) is 81.5 Å². The Kier molecular flexibility index (Phi) is 5.24. The van der Waals surface area contributed by atoms with Gasteiger partial charge in [0.05, 0.1) is 11.6 Å². The summed E-state index contributed by atoms with van der Waals surface area (Å²) >= 11 is 5.26. The molecule has 144 valence electrons. The lowest BCUT2D eigenvalue weighted by Gasteiger charge is -2.12. The van der Waals surface area contributed by atoms with E-state index in [1.54, 1.807) is 0 Å². The van der Waals surface area contributed by atoms with E-state index < -0.39 is 0 Å². The summed E-state index contributed by atoms with van der Waals surface area (Å²) in [5, 5.41) is 12.5. The van der Waals surface area contributed by atoms with E-state index in [9.17, 15) is 5.26 Å². The summed E-state index contributed by atoms with van der Waals surface area (Å²) in [7, 11) is 0. The van der Waals surface area contributed by atoms with E-state index in [2.05, 4.69) is 47.3 Å². The fraction of sp³-hybridized carbons (Fsp3) is 0.217. The Morgan fingerprint density at radius 2 is 1.86 bits per heavy atom. The molecule has 6 heteroatoms. The predicted octanol–water partition coefficient (Wildman–Crippen LogP) is 5.18. The Balaban J connectivity index is 1.74. The third-order valence-electron chi connectivity index (χ3n) is 5.05. The van der Waals surface area contributed by atoms with E-state index >= 15 is 0 Å². The van der Waals surface area contributed by atoms with Crippen molar-refractivity contribution in [2.75, 3.05) is 0 Å². The van der Waals surface area contributed by atoms with Gasteiger partial charge < -0.3 is 0 Å². The van der Waals surface area contributed by atoms with Crippen LogP contribution in [0.3, 0.4) is 0 Å². The zero-order chi connectivity index (χ0) is 20.4. The number of rotatable bonds is 5. The van der Waals surface area contributed by atoms with Crippen LogP contribution in [-0.4, -0.2) is 19.6 Å². The SMILES string of the molecule is CCCc1nc(C)n2[nH]c(=S)nc2c1Cc1ccc(-c2ccccc2C#N)cc1. The van der Waals surface area contributed by atoms with E-state index in [4.69, 9.17) is 17.2 Å². The third kappa shape index (κ3) is 3.69. The van der Waals surface area contributed by atoms with Crippen molar-refractivity contribution in [3.63, 3.8) is 0 Å². The number of nitriles is 1. The van der Waals surface area contributed by atoms with E-state index in [1.807, 2.05) is 35.7 Å². The number of nitrogens with zero attached hydrogens (tertiary/aromatic N) is 4. The monoisotopic (exact) mass is 399 g/mol. The van der Waals surface area contributed by atoms with E-state index in [0.29, 0.717) is 10.3 Å². The lowest BCUT2D eigenvalue weighted by molar-refractivity contribution is 0.790. The van der Waals surface area contributed by atoms with Gasteiger partial charge in [0.1, 0.15) is 5.82 Å². The maximum Gasteiger partial charge on any atom is 0.214 e. The quantitative estimate of drug-likeness (QED) is 0.470. The van der Waals surface area contributed by atoms with Gasteiger partial charge in [-0.2, -0.15) is 10.2 Å². The largest absolute Gasteiger partial charge is 0.265 e. The van der Waals surface area contributed by atoms with Crippen LogP contribution in [0.4, 0.5) is 0 Å².